The average Bonchev–Trinajstić information content (AvgIpc) is 3.29. The molecule has 0 saturated carbocycles. The van der Waals surface area contributed by atoms with Crippen LogP contribution in [0.3, 0.4) is 0 Å². The van der Waals surface area contributed by atoms with E-state index in [4.69, 9.17) is 4.42 Å². The van der Waals surface area contributed by atoms with Gasteiger partial charge in [-0.05, 0) is 43.2 Å². The first-order chi connectivity index (χ1) is 13.9. The van der Waals surface area contributed by atoms with Crippen molar-refractivity contribution in [2.75, 3.05) is 13.1 Å². The van der Waals surface area contributed by atoms with Gasteiger partial charge in [-0.15, -0.1) is 0 Å². The van der Waals surface area contributed by atoms with E-state index in [-0.39, 0.29) is 10.8 Å². The van der Waals surface area contributed by atoms with Gasteiger partial charge in [0.05, 0.1) is 21.4 Å². The lowest BCUT2D eigenvalue weighted by Gasteiger charge is -2.30. The molecule has 5 rings (SSSR count). The summed E-state index contributed by atoms with van der Waals surface area (Å²) in [5.41, 5.74) is 2.77. The average molecular weight is 412 g/mol. The fourth-order valence-electron chi connectivity index (χ4n) is 3.95. The van der Waals surface area contributed by atoms with E-state index in [1.54, 1.807) is 7.05 Å². The summed E-state index contributed by atoms with van der Waals surface area (Å²) < 4.78 is 34.1. The highest BCUT2D eigenvalue weighted by atomic mass is 32.2. The summed E-state index contributed by atoms with van der Waals surface area (Å²) in [6.45, 7) is 0.846. The van der Waals surface area contributed by atoms with Crippen LogP contribution in [-0.2, 0) is 17.1 Å². The van der Waals surface area contributed by atoms with Crippen LogP contribution in [0.15, 0.2) is 56.6 Å². The van der Waals surface area contributed by atoms with Crippen LogP contribution in [0.5, 0.6) is 0 Å². The quantitative estimate of drug-likeness (QED) is 0.557. The smallest absolute Gasteiger partial charge is 0.408 e. The van der Waals surface area contributed by atoms with E-state index in [9.17, 15) is 13.2 Å². The maximum atomic E-state index is 13.1. The molecule has 9 heteroatoms. The molecule has 2 aromatic carbocycles. The van der Waals surface area contributed by atoms with Crippen LogP contribution in [0.25, 0.3) is 22.1 Å². The Balaban J connectivity index is 1.38. The Hall–Kier alpha value is -2.91. The first-order valence-electron chi connectivity index (χ1n) is 9.48. The Morgan fingerprint density at radius 2 is 1.90 bits per heavy atom. The lowest BCUT2D eigenvalue weighted by molar-refractivity contribution is 0.314. The molecule has 0 amide bonds. The minimum absolute atomic E-state index is 0.170. The summed E-state index contributed by atoms with van der Waals surface area (Å²) in [6.07, 6.45) is 1.40. The number of nitrogens with zero attached hydrogens (tertiary/aromatic N) is 3. The maximum absolute atomic E-state index is 13.1. The Morgan fingerprint density at radius 3 is 2.66 bits per heavy atom. The molecule has 0 unspecified atom stereocenters. The zero-order chi connectivity index (χ0) is 20.2. The number of oxazole rings is 1. The Morgan fingerprint density at radius 1 is 1.14 bits per heavy atom. The minimum atomic E-state index is -3.65. The van der Waals surface area contributed by atoms with Gasteiger partial charge in [0, 0.05) is 26.1 Å². The maximum Gasteiger partial charge on any atom is 0.419 e. The Labute approximate surface area is 166 Å². The number of rotatable bonds is 3. The molecular formula is C20H20N4O4S. The molecule has 0 atom stereocenters. The molecule has 1 aliphatic heterocycles. The fraction of sp³-hybridized carbons (Fsp3) is 0.300. The number of piperidine rings is 1. The molecule has 29 heavy (non-hydrogen) atoms. The number of hydrogen-bond acceptors (Lipinski definition) is 5. The molecule has 0 bridgehead atoms. The van der Waals surface area contributed by atoms with E-state index in [1.165, 1.54) is 27.1 Å². The van der Waals surface area contributed by atoms with Crippen LogP contribution in [0.2, 0.25) is 0 Å². The number of sulfonamides is 1. The first kappa shape index (κ1) is 18.1. The molecule has 1 N–H and O–H groups in total. The van der Waals surface area contributed by atoms with Crippen molar-refractivity contribution in [3.63, 3.8) is 0 Å². The summed E-state index contributed by atoms with van der Waals surface area (Å²) >= 11 is 0. The summed E-state index contributed by atoms with van der Waals surface area (Å²) in [4.78, 5) is 19.9. The van der Waals surface area contributed by atoms with Crippen molar-refractivity contribution in [2.45, 2.75) is 23.7 Å². The summed E-state index contributed by atoms with van der Waals surface area (Å²) in [6, 6.07) is 12.4. The first-order valence-corrected chi connectivity index (χ1v) is 10.9. The molecule has 0 spiro atoms. The second-order valence-corrected chi connectivity index (χ2v) is 9.31. The molecule has 1 saturated heterocycles. The highest BCUT2D eigenvalue weighted by molar-refractivity contribution is 7.89. The SMILES string of the molecule is Cn1c(=O)oc2ccc(S(=O)(=O)N3CCC(c4nc5ccccc5[nH]4)CC3)cc21. The van der Waals surface area contributed by atoms with Gasteiger partial charge >= 0.3 is 5.76 Å². The molecule has 2 aromatic heterocycles. The molecule has 1 aliphatic rings. The molecular weight excluding hydrogens is 392 g/mol. The molecule has 0 radical (unpaired) electrons. The predicted octanol–water partition coefficient (Wildman–Crippen LogP) is 2.58. The van der Waals surface area contributed by atoms with E-state index < -0.39 is 15.8 Å². The standard InChI is InChI=1S/C20H20N4O4S/c1-23-17-12-14(6-7-18(17)28-20(23)25)29(26,27)24-10-8-13(9-11-24)19-21-15-4-2-3-5-16(15)22-19/h2-7,12-13H,8-11H2,1H3,(H,21,22). The zero-order valence-corrected chi connectivity index (χ0v) is 16.6. The summed E-state index contributed by atoms with van der Waals surface area (Å²) in [5, 5.41) is 0. The molecule has 0 aliphatic carbocycles. The van der Waals surface area contributed by atoms with Crippen LogP contribution in [0.4, 0.5) is 0 Å². The van der Waals surface area contributed by atoms with Crippen LogP contribution in [-0.4, -0.2) is 40.3 Å². The Kier molecular flexibility index (Phi) is 4.11. The third kappa shape index (κ3) is 2.97. The number of H-pyrrole nitrogens is 1. The van der Waals surface area contributed by atoms with Gasteiger partial charge in [-0.3, -0.25) is 4.57 Å². The zero-order valence-electron chi connectivity index (χ0n) is 15.8. The summed E-state index contributed by atoms with van der Waals surface area (Å²) in [7, 11) is -2.09. The lowest BCUT2D eigenvalue weighted by atomic mass is 9.97. The van der Waals surface area contributed by atoms with Crippen molar-refractivity contribution in [3.05, 3.63) is 58.8 Å². The van der Waals surface area contributed by atoms with Crippen LogP contribution in [0, 0.1) is 0 Å². The van der Waals surface area contributed by atoms with Gasteiger partial charge in [0.15, 0.2) is 5.58 Å². The highest BCUT2D eigenvalue weighted by Gasteiger charge is 2.31. The van der Waals surface area contributed by atoms with E-state index in [0.717, 1.165) is 16.9 Å². The normalized spacial score (nSPS) is 16.7. The number of aromatic nitrogens is 3. The van der Waals surface area contributed by atoms with Gasteiger partial charge in [-0.1, -0.05) is 12.1 Å². The van der Waals surface area contributed by atoms with Crippen molar-refractivity contribution in [1.82, 2.24) is 18.8 Å². The fourth-order valence-corrected chi connectivity index (χ4v) is 5.44. The molecule has 3 heterocycles. The van der Waals surface area contributed by atoms with Crippen molar-refractivity contribution in [2.24, 2.45) is 7.05 Å². The van der Waals surface area contributed by atoms with Gasteiger partial charge in [-0.2, -0.15) is 4.31 Å². The largest absolute Gasteiger partial charge is 0.419 e. The lowest BCUT2D eigenvalue weighted by Crippen LogP contribution is -2.38. The van der Waals surface area contributed by atoms with E-state index in [2.05, 4.69) is 9.97 Å². The number of fused-ring (bicyclic) bond motifs is 2. The van der Waals surface area contributed by atoms with Gasteiger partial charge < -0.3 is 9.40 Å². The number of imidazole rings is 1. The van der Waals surface area contributed by atoms with Crippen LogP contribution in [0.1, 0.15) is 24.6 Å². The predicted molar refractivity (Wildman–Crippen MR) is 108 cm³/mol. The highest BCUT2D eigenvalue weighted by Crippen LogP contribution is 2.31. The van der Waals surface area contributed by atoms with Gasteiger partial charge in [0.2, 0.25) is 10.0 Å². The van der Waals surface area contributed by atoms with Crippen LogP contribution < -0.4 is 5.76 Å². The molecule has 1 fully saturated rings. The third-order valence-corrected chi connectivity index (χ3v) is 7.54. The summed E-state index contributed by atoms with van der Waals surface area (Å²) in [5.74, 6) is 0.602. The Bertz CT molecular complexity index is 1340. The molecule has 150 valence electrons. The van der Waals surface area contributed by atoms with Crippen molar-refractivity contribution >= 4 is 32.2 Å². The second kappa shape index (κ2) is 6.57. The number of hydrogen-bond donors (Lipinski definition) is 1. The van der Waals surface area contributed by atoms with Crippen molar-refractivity contribution < 1.29 is 12.8 Å². The second-order valence-electron chi connectivity index (χ2n) is 7.37. The van der Waals surface area contributed by atoms with E-state index in [1.807, 2.05) is 24.3 Å². The number of aromatic amines is 1. The topological polar surface area (TPSA) is 101 Å². The number of para-hydroxylation sites is 2. The van der Waals surface area contributed by atoms with E-state index >= 15 is 0 Å². The van der Waals surface area contributed by atoms with Gasteiger partial charge in [0.25, 0.3) is 0 Å². The minimum Gasteiger partial charge on any atom is -0.408 e. The third-order valence-electron chi connectivity index (χ3n) is 5.65. The number of nitrogens with one attached hydrogen (secondary N) is 1. The van der Waals surface area contributed by atoms with Gasteiger partial charge in [-0.25, -0.2) is 18.2 Å². The monoisotopic (exact) mass is 412 g/mol. The number of benzene rings is 2. The number of aryl methyl sites for hydroxylation is 1. The van der Waals surface area contributed by atoms with Crippen LogP contribution >= 0.6 is 0 Å². The molecule has 8 nitrogen and oxygen atoms in total. The van der Waals surface area contributed by atoms with Crippen molar-refractivity contribution in [1.29, 1.82) is 0 Å². The van der Waals surface area contributed by atoms with E-state index in [0.29, 0.717) is 37.0 Å². The van der Waals surface area contributed by atoms with Gasteiger partial charge in [0.1, 0.15) is 5.82 Å². The molecule has 4 aromatic rings. The van der Waals surface area contributed by atoms with Crippen molar-refractivity contribution in [3.8, 4) is 0 Å².